The minimum atomic E-state index is -0.224. The molecule has 0 aromatic heterocycles. The van der Waals surface area contributed by atoms with Gasteiger partial charge in [-0.25, -0.2) is 4.39 Å². The number of benzene rings is 2. The van der Waals surface area contributed by atoms with Crippen molar-refractivity contribution in [3.63, 3.8) is 0 Å². The topological polar surface area (TPSA) is 38.5 Å². The lowest BCUT2D eigenvalue weighted by Crippen LogP contribution is -2.35. The highest BCUT2D eigenvalue weighted by atomic mass is 127. The van der Waals surface area contributed by atoms with Crippen molar-refractivity contribution in [3.8, 4) is 11.1 Å². The predicted octanol–water partition coefficient (Wildman–Crippen LogP) is 3.84. The fraction of sp³-hybridized carbons (Fsp3) is 0.333. The molecule has 0 fully saturated rings. The molecule has 0 radical (unpaired) electrons. The van der Waals surface area contributed by atoms with Crippen molar-refractivity contribution < 1.29 is 9.13 Å². The Hall–Kier alpha value is -1.18. The smallest absolute Gasteiger partial charge is 0.133 e. The Morgan fingerprint density at radius 3 is 2.43 bits per heavy atom. The van der Waals surface area contributed by atoms with E-state index in [0.717, 1.165) is 15.7 Å². The van der Waals surface area contributed by atoms with E-state index in [9.17, 15) is 4.39 Å². The quantitative estimate of drug-likeness (QED) is 0.538. The van der Waals surface area contributed by atoms with Crippen LogP contribution in [0, 0.1) is 5.82 Å². The molecule has 2 N–H and O–H groups in total. The molecule has 1 atom stereocenters. The van der Waals surface area contributed by atoms with E-state index >= 15 is 0 Å². The van der Waals surface area contributed by atoms with Gasteiger partial charge in [-0.1, -0.05) is 46.9 Å². The maximum Gasteiger partial charge on any atom is 0.133 e. The van der Waals surface area contributed by atoms with Crippen LogP contribution < -0.4 is 10.6 Å². The van der Waals surface area contributed by atoms with Crippen LogP contribution in [0.25, 0.3) is 11.1 Å². The van der Waals surface area contributed by atoms with Crippen LogP contribution in [-0.4, -0.2) is 33.4 Å². The third-order valence-corrected chi connectivity index (χ3v) is 4.77. The Morgan fingerprint density at radius 2 is 1.91 bits per heavy atom. The van der Waals surface area contributed by atoms with E-state index in [4.69, 9.17) is 10.5 Å². The molecular formula is C18H22FIN2O. The Balaban J connectivity index is 2.19. The first-order valence-electron chi connectivity index (χ1n) is 7.47. The SMILES string of the molecule is COC(CN)CN(C)c1ccc(-c2ccc(CI)cc2)c(F)c1. The van der Waals surface area contributed by atoms with E-state index in [2.05, 4.69) is 22.6 Å². The maximum absolute atomic E-state index is 14.5. The Kier molecular flexibility index (Phi) is 6.80. The van der Waals surface area contributed by atoms with Crippen LogP contribution in [0.3, 0.4) is 0 Å². The summed E-state index contributed by atoms with van der Waals surface area (Å²) < 4.78 is 20.7. The number of likely N-dealkylation sites (N-methyl/N-ethyl adjacent to an activating group) is 1. The average Bonchev–Trinajstić information content (AvgIpc) is 2.59. The number of hydrogen-bond donors (Lipinski definition) is 1. The molecule has 5 heteroatoms. The second kappa shape index (κ2) is 8.61. The Labute approximate surface area is 150 Å². The van der Waals surface area contributed by atoms with E-state index in [1.165, 1.54) is 5.56 Å². The van der Waals surface area contributed by atoms with Crippen molar-refractivity contribution >= 4 is 28.3 Å². The summed E-state index contributed by atoms with van der Waals surface area (Å²) in [4.78, 5) is 1.95. The molecule has 0 aliphatic rings. The average molecular weight is 428 g/mol. The van der Waals surface area contributed by atoms with Crippen molar-refractivity contribution in [2.45, 2.75) is 10.5 Å². The van der Waals surface area contributed by atoms with Gasteiger partial charge in [0.1, 0.15) is 5.82 Å². The van der Waals surface area contributed by atoms with Crippen LogP contribution in [0.15, 0.2) is 42.5 Å². The molecule has 0 spiro atoms. The number of nitrogens with zero attached hydrogens (tertiary/aromatic N) is 1. The first-order valence-corrected chi connectivity index (χ1v) is 9.00. The molecule has 0 saturated carbocycles. The molecule has 3 nitrogen and oxygen atoms in total. The van der Waals surface area contributed by atoms with Gasteiger partial charge in [-0.2, -0.15) is 0 Å². The molecule has 2 aromatic rings. The zero-order valence-electron chi connectivity index (χ0n) is 13.4. The highest BCUT2D eigenvalue weighted by molar-refractivity contribution is 14.1. The van der Waals surface area contributed by atoms with E-state index in [-0.39, 0.29) is 11.9 Å². The van der Waals surface area contributed by atoms with Gasteiger partial charge >= 0.3 is 0 Å². The monoisotopic (exact) mass is 428 g/mol. The summed E-state index contributed by atoms with van der Waals surface area (Å²) in [6, 6.07) is 13.3. The molecule has 0 aliphatic heterocycles. The normalized spacial score (nSPS) is 12.2. The van der Waals surface area contributed by atoms with Gasteiger partial charge in [-0.3, -0.25) is 0 Å². The second-order valence-electron chi connectivity index (χ2n) is 5.47. The van der Waals surface area contributed by atoms with Crippen molar-refractivity contribution in [2.24, 2.45) is 5.73 Å². The van der Waals surface area contributed by atoms with Gasteiger partial charge in [0.25, 0.3) is 0 Å². The first kappa shape index (κ1) is 18.2. The molecule has 124 valence electrons. The van der Waals surface area contributed by atoms with E-state index in [1.807, 2.05) is 48.3 Å². The van der Waals surface area contributed by atoms with Crippen molar-refractivity contribution in [1.82, 2.24) is 0 Å². The zero-order chi connectivity index (χ0) is 16.8. The number of alkyl halides is 1. The number of anilines is 1. The van der Waals surface area contributed by atoms with Gasteiger partial charge in [-0.15, -0.1) is 0 Å². The lowest BCUT2D eigenvalue weighted by Gasteiger charge is -2.24. The van der Waals surface area contributed by atoms with Crippen LogP contribution in [0.5, 0.6) is 0 Å². The number of nitrogens with two attached hydrogens (primary N) is 1. The number of ether oxygens (including phenoxy) is 1. The summed E-state index contributed by atoms with van der Waals surface area (Å²) in [7, 11) is 3.54. The van der Waals surface area contributed by atoms with Crippen LogP contribution in [0.4, 0.5) is 10.1 Å². The van der Waals surface area contributed by atoms with Crippen molar-refractivity contribution in [1.29, 1.82) is 0 Å². The lowest BCUT2D eigenvalue weighted by atomic mass is 10.0. The highest BCUT2D eigenvalue weighted by Gasteiger charge is 2.12. The van der Waals surface area contributed by atoms with Gasteiger partial charge in [-0.05, 0) is 29.3 Å². The zero-order valence-corrected chi connectivity index (χ0v) is 15.6. The molecule has 0 saturated heterocycles. The van der Waals surface area contributed by atoms with E-state index in [1.54, 1.807) is 13.2 Å². The summed E-state index contributed by atoms with van der Waals surface area (Å²) in [6.45, 7) is 1.06. The minimum absolute atomic E-state index is 0.0661. The fourth-order valence-corrected chi connectivity index (χ4v) is 2.91. The fourth-order valence-electron chi connectivity index (χ4n) is 2.41. The number of halogens is 2. The third-order valence-electron chi connectivity index (χ3n) is 3.89. The largest absolute Gasteiger partial charge is 0.378 e. The molecule has 0 aliphatic carbocycles. The number of rotatable bonds is 7. The van der Waals surface area contributed by atoms with Gasteiger partial charge in [0.2, 0.25) is 0 Å². The van der Waals surface area contributed by atoms with Gasteiger partial charge in [0, 0.05) is 42.9 Å². The molecule has 2 aromatic carbocycles. The van der Waals surface area contributed by atoms with E-state index in [0.29, 0.717) is 18.7 Å². The van der Waals surface area contributed by atoms with Crippen LogP contribution in [0.1, 0.15) is 5.56 Å². The summed E-state index contributed by atoms with van der Waals surface area (Å²) in [5, 5.41) is 0. The van der Waals surface area contributed by atoms with Crippen molar-refractivity contribution in [2.75, 3.05) is 32.1 Å². The second-order valence-corrected chi connectivity index (χ2v) is 6.23. The molecule has 23 heavy (non-hydrogen) atoms. The summed E-state index contributed by atoms with van der Waals surface area (Å²) in [5.74, 6) is -0.224. The number of hydrogen-bond acceptors (Lipinski definition) is 3. The Morgan fingerprint density at radius 1 is 1.22 bits per heavy atom. The third kappa shape index (κ3) is 4.65. The van der Waals surface area contributed by atoms with Crippen molar-refractivity contribution in [3.05, 3.63) is 53.8 Å². The highest BCUT2D eigenvalue weighted by Crippen LogP contribution is 2.27. The predicted molar refractivity (Wildman–Crippen MR) is 103 cm³/mol. The lowest BCUT2D eigenvalue weighted by molar-refractivity contribution is 0.115. The summed E-state index contributed by atoms with van der Waals surface area (Å²) >= 11 is 2.31. The molecule has 0 heterocycles. The molecule has 0 amide bonds. The minimum Gasteiger partial charge on any atom is -0.378 e. The summed E-state index contributed by atoms with van der Waals surface area (Å²) in [6.07, 6.45) is -0.0661. The van der Waals surface area contributed by atoms with Crippen LogP contribution in [0.2, 0.25) is 0 Å². The first-order chi connectivity index (χ1) is 11.1. The van der Waals surface area contributed by atoms with Crippen LogP contribution >= 0.6 is 22.6 Å². The Bertz CT molecular complexity index is 629. The maximum atomic E-state index is 14.5. The van der Waals surface area contributed by atoms with Crippen LogP contribution in [-0.2, 0) is 9.16 Å². The van der Waals surface area contributed by atoms with Gasteiger partial charge in [0.15, 0.2) is 0 Å². The molecule has 1 unspecified atom stereocenters. The standard InChI is InChI=1S/C18H22FIN2O/c1-22(12-16(11-21)23-2)15-7-8-17(18(19)9-15)14-5-3-13(10-20)4-6-14/h3-9,16H,10-12,21H2,1-2H3. The molecule has 0 bridgehead atoms. The number of methoxy groups -OCH3 is 1. The molecular weight excluding hydrogens is 406 g/mol. The van der Waals surface area contributed by atoms with Gasteiger partial charge < -0.3 is 15.4 Å². The van der Waals surface area contributed by atoms with E-state index < -0.39 is 0 Å². The summed E-state index contributed by atoms with van der Waals surface area (Å²) in [5.41, 5.74) is 9.19. The molecule has 2 rings (SSSR count). The van der Waals surface area contributed by atoms with Gasteiger partial charge in [0.05, 0.1) is 6.10 Å².